The Morgan fingerprint density at radius 3 is 3.11 bits per heavy atom. The number of aromatic amines is 1. The summed E-state index contributed by atoms with van der Waals surface area (Å²) in [7, 11) is 0. The highest BCUT2D eigenvalue weighted by atomic mass is 32.2. The van der Waals surface area contributed by atoms with Crippen LogP contribution in [0.1, 0.15) is 10.4 Å². The molecule has 0 atom stereocenters. The molecular weight excluding hydrogens is 252 g/mol. The van der Waals surface area contributed by atoms with E-state index < -0.39 is 5.97 Å². The van der Waals surface area contributed by atoms with Crippen molar-refractivity contribution in [2.75, 3.05) is 12.4 Å². The average molecular weight is 264 g/mol. The first kappa shape index (κ1) is 12.5. The largest absolute Gasteiger partial charge is 0.493 e. The lowest BCUT2D eigenvalue weighted by molar-refractivity contribution is 0.0696. The number of nitrogens with zero attached hydrogens (tertiary/aromatic N) is 1. The average Bonchev–Trinajstić information content (AvgIpc) is 2.88. The highest BCUT2D eigenvalue weighted by Crippen LogP contribution is 2.15. The number of ether oxygens (including phenoxy) is 1. The Morgan fingerprint density at radius 1 is 1.50 bits per heavy atom. The lowest BCUT2D eigenvalue weighted by atomic mass is 10.2. The summed E-state index contributed by atoms with van der Waals surface area (Å²) in [4.78, 5) is 17.8. The minimum Gasteiger partial charge on any atom is -0.493 e. The Balaban J connectivity index is 1.79. The first-order valence-corrected chi connectivity index (χ1v) is 6.32. The van der Waals surface area contributed by atoms with Gasteiger partial charge in [-0.3, -0.25) is 0 Å². The molecule has 5 nitrogen and oxygen atoms in total. The number of nitrogens with one attached hydrogen (secondary N) is 1. The molecule has 0 aliphatic heterocycles. The van der Waals surface area contributed by atoms with Crippen LogP contribution in [0.2, 0.25) is 0 Å². The summed E-state index contributed by atoms with van der Waals surface area (Å²) in [5, 5.41) is 9.68. The number of carboxylic acid groups (broad SMARTS) is 1. The van der Waals surface area contributed by atoms with Gasteiger partial charge in [0.2, 0.25) is 0 Å². The first-order chi connectivity index (χ1) is 8.75. The summed E-state index contributed by atoms with van der Waals surface area (Å²) in [6, 6.07) is 6.45. The van der Waals surface area contributed by atoms with E-state index in [9.17, 15) is 4.79 Å². The zero-order chi connectivity index (χ0) is 12.8. The van der Waals surface area contributed by atoms with Crippen LogP contribution in [0.15, 0.2) is 41.8 Å². The molecule has 2 rings (SSSR count). The molecule has 0 saturated carbocycles. The van der Waals surface area contributed by atoms with Crippen LogP contribution in [0.25, 0.3) is 0 Å². The standard InChI is InChI=1S/C12H12N2O3S/c15-11(16)9-2-1-3-10(8-9)17-6-7-18-12-13-4-5-14-12/h1-5,8H,6-7H2,(H,13,14)(H,15,16). The summed E-state index contributed by atoms with van der Waals surface area (Å²) < 4.78 is 5.47. The number of H-pyrrole nitrogens is 1. The molecule has 0 aliphatic rings. The van der Waals surface area contributed by atoms with Crippen LogP contribution in [-0.2, 0) is 0 Å². The monoisotopic (exact) mass is 264 g/mol. The van der Waals surface area contributed by atoms with E-state index >= 15 is 0 Å². The van der Waals surface area contributed by atoms with Crippen LogP contribution in [0.3, 0.4) is 0 Å². The Morgan fingerprint density at radius 2 is 2.39 bits per heavy atom. The van der Waals surface area contributed by atoms with Crippen molar-refractivity contribution < 1.29 is 14.6 Å². The van der Waals surface area contributed by atoms with Crippen molar-refractivity contribution in [1.82, 2.24) is 9.97 Å². The summed E-state index contributed by atoms with van der Waals surface area (Å²) in [5.41, 5.74) is 0.228. The molecule has 1 aromatic heterocycles. The van der Waals surface area contributed by atoms with Crippen LogP contribution in [0, 0.1) is 0 Å². The Bertz CT molecular complexity index is 514. The minimum absolute atomic E-state index is 0.228. The van der Waals surface area contributed by atoms with Gasteiger partial charge in [-0.15, -0.1) is 0 Å². The zero-order valence-corrected chi connectivity index (χ0v) is 10.3. The number of rotatable bonds is 6. The highest BCUT2D eigenvalue weighted by Gasteiger charge is 2.03. The maximum Gasteiger partial charge on any atom is 0.335 e. The van der Waals surface area contributed by atoms with E-state index in [1.165, 1.54) is 12.1 Å². The fourth-order valence-electron chi connectivity index (χ4n) is 1.35. The van der Waals surface area contributed by atoms with Gasteiger partial charge >= 0.3 is 5.97 Å². The van der Waals surface area contributed by atoms with Crippen LogP contribution < -0.4 is 4.74 Å². The third kappa shape index (κ3) is 3.53. The van der Waals surface area contributed by atoms with Gasteiger partial charge in [-0.2, -0.15) is 0 Å². The summed E-state index contributed by atoms with van der Waals surface area (Å²) in [6.45, 7) is 0.494. The first-order valence-electron chi connectivity index (χ1n) is 5.34. The predicted octanol–water partition coefficient (Wildman–Crippen LogP) is 2.28. The second-order valence-corrected chi connectivity index (χ2v) is 4.51. The number of imidazole rings is 1. The van der Waals surface area contributed by atoms with Gasteiger partial charge in [-0.05, 0) is 18.2 Å². The van der Waals surface area contributed by atoms with E-state index in [0.29, 0.717) is 12.4 Å². The van der Waals surface area contributed by atoms with Gasteiger partial charge in [0.1, 0.15) is 5.75 Å². The van der Waals surface area contributed by atoms with Crippen molar-refractivity contribution in [2.45, 2.75) is 5.16 Å². The molecule has 1 aromatic carbocycles. The quantitative estimate of drug-likeness (QED) is 0.618. The lowest BCUT2D eigenvalue weighted by Crippen LogP contribution is -2.02. The Kier molecular flexibility index (Phi) is 4.25. The number of benzene rings is 1. The van der Waals surface area contributed by atoms with Gasteiger partial charge < -0.3 is 14.8 Å². The molecule has 2 aromatic rings. The number of hydrogen-bond donors (Lipinski definition) is 2. The van der Waals surface area contributed by atoms with Crippen LogP contribution in [-0.4, -0.2) is 33.4 Å². The smallest absolute Gasteiger partial charge is 0.335 e. The van der Waals surface area contributed by atoms with Crippen molar-refractivity contribution >= 4 is 17.7 Å². The molecule has 0 unspecified atom stereocenters. The molecule has 6 heteroatoms. The number of aromatic carboxylic acids is 1. The third-order valence-corrected chi connectivity index (χ3v) is 3.01. The summed E-state index contributed by atoms with van der Waals surface area (Å²) in [6.07, 6.45) is 3.46. The van der Waals surface area contributed by atoms with Crippen molar-refractivity contribution in [2.24, 2.45) is 0 Å². The number of hydrogen-bond acceptors (Lipinski definition) is 4. The highest BCUT2D eigenvalue weighted by molar-refractivity contribution is 7.99. The fourth-order valence-corrected chi connectivity index (χ4v) is 1.99. The van der Waals surface area contributed by atoms with Gasteiger partial charge in [-0.25, -0.2) is 9.78 Å². The molecule has 1 heterocycles. The van der Waals surface area contributed by atoms with Gasteiger partial charge in [-0.1, -0.05) is 17.8 Å². The van der Waals surface area contributed by atoms with Crippen molar-refractivity contribution in [1.29, 1.82) is 0 Å². The number of carbonyl (C=O) groups is 1. The third-order valence-electron chi connectivity index (χ3n) is 2.14. The molecule has 0 aliphatic carbocycles. The second kappa shape index (κ2) is 6.11. The lowest BCUT2D eigenvalue weighted by Gasteiger charge is -2.05. The number of carboxylic acids is 1. The van der Waals surface area contributed by atoms with Crippen LogP contribution >= 0.6 is 11.8 Å². The molecule has 0 radical (unpaired) electrons. The second-order valence-electron chi connectivity index (χ2n) is 3.42. The topological polar surface area (TPSA) is 75.2 Å². The molecule has 0 bridgehead atoms. The molecule has 0 spiro atoms. The summed E-state index contributed by atoms with van der Waals surface area (Å²) >= 11 is 1.55. The van der Waals surface area contributed by atoms with E-state index in [2.05, 4.69) is 9.97 Å². The molecule has 0 amide bonds. The minimum atomic E-state index is -0.953. The zero-order valence-electron chi connectivity index (χ0n) is 9.50. The maximum absolute atomic E-state index is 10.8. The molecule has 0 saturated heterocycles. The predicted molar refractivity (Wildman–Crippen MR) is 68.2 cm³/mol. The van der Waals surface area contributed by atoms with E-state index in [0.717, 1.165) is 10.9 Å². The SMILES string of the molecule is O=C(O)c1cccc(OCCSc2ncc[nH]2)c1. The van der Waals surface area contributed by atoms with E-state index in [1.807, 2.05) is 0 Å². The van der Waals surface area contributed by atoms with E-state index in [4.69, 9.17) is 9.84 Å². The van der Waals surface area contributed by atoms with E-state index in [1.54, 1.807) is 36.3 Å². The van der Waals surface area contributed by atoms with Gasteiger partial charge in [0, 0.05) is 18.1 Å². The molecule has 18 heavy (non-hydrogen) atoms. The molecular formula is C12H12N2O3S. The fraction of sp³-hybridized carbons (Fsp3) is 0.167. The maximum atomic E-state index is 10.8. The van der Waals surface area contributed by atoms with Crippen LogP contribution in [0.5, 0.6) is 5.75 Å². The van der Waals surface area contributed by atoms with Gasteiger partial charge in [0.05, 0.1) is 12.2 Å². The van der Waals surface area contributed by atoms with Crippen LogP contribution in [0.4, 0.5) is 0 Å². The normalized spacial score (nSPS) is 10.2. The Hall–Kier alpha value is -1.95. The number of thioether (sulfide) groups is 1. The molecule has 0 fully saturated rings. The molecule has 94 valence electrons. The van der Waals surface area contributed by atoms with Crippen molar-refractivity contribution in [3.05, 3.63) is 42.2 Å². The van der Waals surface area contributed by atoms with Gasteiger partial charge in [0.15, 0.2) is 5.16 Å². The van der Waals surface area contributed by atoms with Crippen molar-refractivity contribution in [3.8, 4) is 5.75 Å². The number of aromatic nitrogens is 2. The molecule has 2 N–H and O–H groups in total. The van der Waals surface area contributed by atoms with E-state index in [-0.39, 0.29) is 5.56 Å². The van der Waals surface area contributed by atoms with Crippen molar-refractivity contribution in [3.63, 3.8) is 0 Å². The Labute approximate surface area is 108 Å². The summed E-state index contributed by atoms with van der Waals surface area (Å²) in [5.74, 6) is 0.352. The van der Waals surface area contributed by atoms with Gasteiger partial charge in [0.25, 0.3) is 0 Å².